The fourth-order valence-electron chi connectivity index (χ4n) is 2.89. The van der Waals surface area contributed by atoms with Crippen molar-refractivity contribution < 1.29 is 0 Å². The summed E-state index contributed by atoms with van der Waals surface area (Å²) in [5.74, 6) is 0. The molecule has 0 aliphatic heterocycles. The Hall–Kier alpha value is -2.80. The number of anilines is 2. The molecule has 0 radical (unpaired) electrons. The van der Waals surface area contributed by atoms with E-state index in [0.29, 0.717) is 0 Å². The Morgan fingerprint density at radius 1 is 0.750 bits per heavy atom. The molecule has 0 saturated heterocycles. The third-order valence-corrected chi connectivity index (χ3v) is 4.31. The summed E-state index contributed by atoms with van der Waals surface area (Å²) in [7, 11) is 0. The molecule has 0 bridgehead atoms. The summed E-state index contributed by atoms with van der Waals surface area (Å²) in [5, 5.41) is 0. The molecule has 120 valence electrons. The Bertz CT molecular complexity index is 799. The minimum absolute atomic E-state index is 0.933. The summed E-state index contributed by atoms with van der Waals surface area (Å²) in [6, 6.07) is 27.6. The number of aryl methyl sites for hydroxylation is 1. The van der Waals surface area contributed by atoms with Crippen molar-refractivity contribution in [2.75, 3.05) is 11.4 Å². The van der Waals surface area contributed by atoms with Crippen molar-refractivity contribution in [1.29, 1.82) is 0 Å². The Kier molecular flexibility index (Phi) is 4.81. The van der Waals surface area contributed by atoms with Gasteiger partial charge >= 0.3 is 0 Å². The lowest BCUT2D eigenvalue weighted by Gasteiger charge is -2.24. The normalized spacial score (nSPS) is 10.4. The molecular weight excluding hydrogens is 290 g/mol. The maximum absolute atomic E-state index is 4.24. The van der Waals surface area contributed by atoms with Gasteiger partial charge in [0, 0.05) is 17.9 Å². The van der Waals surface area contributed by atoms with Crippen LogP contribution in [0.25, 0.3) is 5.57 Å². The van der Waals surface area contributed by atoms with Crippen molar-refractivity contribution in [2.24, 2.45) is 0 Å². The van der Waals surface area contributed by atoms with E-state index in [1.807, 2.05) is 18.2 Å². The summed E-state index contributed by atoms with van der Waals surface area (Å²) in [6.45, 7) is 9.47. The van der Waals surface area contributed by atoms with Gasteiger partial charge in [0.25, 0.3) is 0 Å². The highest BCUT2D eigenvalue weighted by atomic mass is 15.1. The van der Waals surface area contributed by atoms with Crippen LogP contribution in [0.4, 0.5) is 11.4 Å². The van der Waals surface area contributed by atoms with Crippen molar-refractivity contribution in [1.82, 2.24) is 0 Å². The largest absolute Gasteiger partial charge is 0.342 e. The lowest BCUT2D eigenvalue weighted by Crippen LogP contribution is -2.15. The van der Waals surface area contributed by atoms with Gasteiger partial charge in [-0.25, -0.2) is 0 Å². The maximum Gasteiger partial charge on any atom is 0.0411 e. The topological polar surface area (TPSA) is 3.24 Å². The third-order valence-electron chi connectivity index (χ3n) is 4.31. The van der Waals surface area contributed by atoms with Crippen LogP contribution in [0.5, 0.6) is 0 Å². The second-order valence-electron chi connectivity index (χ2n) is 5.97. The first-order valence-electron chi connectivity index (χ1n) is 8.38. The summed E-state index contributed by atoms with van der Waals surface area (Å²) in [4.78, 5) is 2.31. The molecule has 24 heavy (non-hydrogen) atoms. The van der Waals surface area contributed by atoms with Gasteiger partial charge in [-0.1, -0.05) is 66.7 Å². The van der Waals surface area contributed by atoms with Crippen LogP contribution in [0.1, 0.15) is 23.6 Å². The van der Waals surface area contributed by atoms with Crippen LogP contribution in [0.2, 0.25) is 0 Å². The van der Waals surface area contributed by atoms with Crippen molar-refractivity contribution >= 4 is 16.9 Å². The highest BCUT2D eigenvalue weighted by molar-refractivity contribution is 5.79. The SMILES string of the molecule is C=C(c1ccccc1)c1ccc(N(CC)c2ccc(C)cc2)cc1. The molecule has 0 fully saturated rings. The van der Waals surface area contributed by atoms with Gasteiger partial charge in [0.1, 0.15) is 0 Å². The van der Waals surface area contributed by atoms with Gasteiger partial charge in [-0.3, -0.25) is 0 Å². The molecule has 0 atom stereocenters. The average molecular weight is 313 g/mol. The van der Waals surface area contributed by atoms with Crippen LogP contribution in [0.15, 0.2) is 85.4 Å². The van der Waals surface area contributed by atoms with Crippen molar-refractivity contribution in [3.8, 4) is 0 Å². The maximum atomic E-state index is 4.24. The lowest BCUT2D eigenvalue weighted by atomic mass is 9.99. The fourth-order valence-corrected chi connectivity index (χ4v) is 2.89. The standard InChI is InChI=1S/C23H23N/c1-4-24(22-14-10-18(2)11-15-22)23-16-12-21(13-17-23)19(3)20-8-6-5-7-9-20/h5-17H,3-4H2,1-2H3. The van der Waals surface area contributed by atoms with E-state index >= 15 is 0 Å². The molecule has 0 spiro atoms. The molecule has 0 amide bonds. The Morgan fingerprint density at radius 2 is 1.25 bits per heavy atom. The molecule has 0 saturated carbocycles. The molecule has 0 N–H and O–H groups in total. The summed E-state index contributed by atoms with van der Waals surface area (Å²) >= 11 is 0. The van der Waals surface area contributed by atoms with E-state index in [9.17, 15) is 0 Å². The third kappa shape index (κ3) is 3.41. The smallest absolute Gasteiger partial charge is 0.0411 e. The second kappa shape index (κ2) is 7.18. The zero-order valence-corrected chi connectivity index (χ0v) is 14.4. The number of benzene rings is 3. The van der Waals surface area contributed by atoms with Crippen LogP contribution in [0.3, 0.4) is 0 Å². The Morgan fingerprint density at radius 3 is 1.79 bits per heavy atom. The molecular formula is C23H23N. The van der Waals surface area contributed by atoms with Crippen molar-refractivity contribution in [3.63, 3.8) is 0 Å². The molecule has 3 aromatic rings. The van der Waals surface area contributed by atoms with Gasteiger partial charge in [0.2, 0.25) is 0 Å². The minimum atomic E-state index is 0.933. The predicted octanol–water partition coefficient (Wildman–Crippen LogP) is 6.21. The zero-order valence-electron chi connectivity index (χ0n) is 14.4. The summed E-state index contributed by atoms with van der Waals surface area (Å²) in [6.07, 6.45) is 0. The Labute approximate surface area is 144 Å². The van der Waals surface area contributed by atoms with Gasteiger partial charge in [-0.05, 0) is 54.8 Å². The quantitative estimate of drug-likeness (QED) is 0.541. The van der Waals surface area contributed by atoms with Crippen LogP contribution < -0.4 is 4.90 Å². The first kappa shape index (κ1) is 16.1. The monoisotopic (exact) mass is 313 g/mol. The lowest BCUT2D eigenvalue weighted by molar-refractivity contribution is 1.02. The molecule has 0 aliphatic rings. The van der Waals surface area contributed by atoms with E-state index < -0.39 is 0 Å². The van der Waals surface area contributed by atoms with E-state index in [1.54, 1.807) is 0 Å². The van der Waals surface area contributed by atoms with E-state index in [-0.39, 0.29) is 0 Å². The second-order valence-corrected chi connectivity index (χ2v) is 5.97. The summed E-state index contributed by atoms with van der Waals surface area (Å²) in [5.41, 5.74) is 7.08. The molecule has 0 aromatic heterocycles. The molecule has 0 heterocycles. The number of hydrogen-bond acceptors (Lipinski definition) is 1. The minimum Gasteiger partial charge on any atom is -0.342 e. The van der Waals surface area contributed by atoms with Crippen molar-refractivity contribution in [3.05, 3.63) is 102 Å². The molecule has 1 heteroatoms. The zero-order chi connectivity index (χ0) is 16.9. The fraction of sp³-hybridized carbons (Fsp3) is 0.130. The first-order valence-corrected chi connectivity index (χ1v) is 8.38. The van der Waals surface area contributed by atoms with Gasteiger partial charge in [0.15, 0.2) is 0 Å². The molecule has 3 rings (SSSR count). The van der Waals surface area contributed by atoms with E-state index in [2.05, 4.69) is 86.0 Å². The predicted molar refractivity (Wildman–Crippen MR) is 105 cm³/mol. The number of nitrogens with zero attached hydrogens (tertiary/aromatic N) is 1. The van der Waals surface area contributed by atoms with Gasteiger partial charge in [-0.15, -0.1) is 0 Å². The number of hydrogen-bond donors (Lipinski definition) is 0. The number of rotatable bonds is 5. The first-order chi connectivity index (χ1) is 11.7. The molecule has 0 aliphatic carbocycles. The van der Waals surface area contributed by atoms with Crippen LogP contribution >= 0.6 is 0 Å². The van der Waals surface area contributed by atoms with Crippen molar-refractivity contribution in [2.45, 2.75) is 13.8 Å². The van der Waals surface area contributed by atoms with E-state index in [0.717, 1.165) is 23.2 Å². The highest BCUT2D eigenvalue weighted by Crippen LogP contribution is 2.28. The van der Waals surface area contributed by atoms with E-state index in [4.69, 9.17) is 0 Å². The van der Waals surface area contributed by atoms with E-state index in [1.165, 1.54) is 16.9 Å². The van der Waals surface area contributed by atoms with Gasteiger partial charge < -0.3 is 4.90 Å². The van der Waals surface area contributed by atoms with Crippen LogP contribution in [-0.2, 0) is 0 Å². The highest BCUT2D eigenvalue weighted by Gasteiger charge is 2.08. The van der Waals surface area contributed by atoms with Crippen LogP contribution in [-0.4, -0.2) is 6.54 Å². The molecule has 3 aromatic carbocycles. The molecule has 1 nitrogen and oxygen atoms in total. The summed E-state index contributed by atoms with van der Waals surface area (Å²) < 4.78 is 0. The van der Waals surface area contributed by atoms with Crippen LogP contribution in [0, 0.1) is 6.92 Å². The Balaban J connectivity index is 1.85. The molecule has 0 unspecified atom stereocenters. The average Bonchev–Trinajstić information content (AvgIpc) is 2.64. The van der Waals surface area contributed by atoms with Gasteiger partial charge in [-0.2, -0.15) is 0 Å². The van der Waals surface area contributed by atoms with Gasteiger partial charge in [0.05, 0.1) is 0 Å².